The van der Waals surface area contributed by atoms with E-state index in [1.54, 1.807) is 0 Å². The largest absolute Gasteiger partial charge is 0.480 e. The molecule has 2 aromatic carbocycles. The van der Waals surface area contributed by atoms with Gasteiger partial charge in [0.15, 0.2) is 6.04 Å². The third-order valence-corrected chi connectivity index (χ3v) is 5.61. The Balaban J connectivity index is 1.66. The molecule has 0 spiro atoms. The highest BCUT2D eigenvalue weighted by Gasteiger charge is 2.31. The molecule has 0 aromatic heterocycles. The number of nitrogens with one attached hydrogen (secondary N) is 2. The Bertz CT molecular complexity index is 960. The first-order chi connectivity index (χ1) is 15.8. The number of rotatable bonds is 10. The molecule has 0 aliphatic heterocycles. The number of carboxylic acids is 1. The Hall–Kier alpha value is -3.39. The molecule has 2 aromatic rings. The molecule has 2 unspecified atom stereocenters. The first-order valence-electron chi connectivity index (χ1n) is 11.0. The number of fused-ring (bicyclic) bond motifs is 3. The Morgan fingerprint density at radius 2 is 1.52 bits per heavy atom. The molecule has 0 bridgehead atoms. The predicted octanol–water partition coefficient (Wildman–Crippen LogP) is 3.16. The van der Waals surface area contributed by atoms with E-state index >= 15 is 0 Å². The number of carbonyl (C=O) groups excluding carboxylic acids is 2. The Labute approximate surface area is 193 Å². The summed E-state index contributed by atoms with van der Waals surface area (Å²) in [4.78, 5) is 36.6. The van der Waals surface area contributed by atoms with Gasteiger partial charge < -0.3 is 25.2 Å². The van der Waals surface area contributed by atoms with Gasteiger partial charge in [-0.2, -0.15) is 0 Å². The van der Waals surface area contributed by atoms with Crippen molar-refractivity contribution < 1.29 is 29.0 Å². The van der Waals surface area contributed by atoms with Gasteiger partial charge in [-0.1, -0.05) is 62.4 Å². The zero-order valence-electron chi connectivity index (χ0n) is 19.0. The van der Waals surface area contributed by atoms with E-state index in [9.17, 15) is 19.5 Å². The van der Waals surface area contributed by atoms with Crippen LogP contribution in [0.25, 0.3) is 11.1 Å². The summed E-state index contributed by atoms with van der Waals surface area (Å²) in [6.07, 6.45) is -0.397. The quantitative estimate of drug-likeness (QED) is 0.508. The summed E-state index contributed by atoms with van der Waals surface area (Å²) in [5.41, 5.74) is 4.42. The second kappa shape index (κ2) is 11.0. The molecule has 1 aliphatic carbocycles. The normalized spacial score (nSPS) is 14.2. The van der Waals surface area contributed by atoms with E-state index in [1.807, 2.05) is 50.2 Å². The van der Waals surface area contributed by atoms with Gasteiger partial charge in [-0.15, -0.1) is 0 Å². The van der Waals surface area contributed by atoms with Gasteiger partial charge in [0.05, 0.1) is 6.61 Å². The molecule has 3 N–H and O–H groups in total. The smallest absolute Gasteiger partial charge is 0.407 e. The number of amides is 2. The van der Waals surface area contributed by atoms with Crippen molar-refractivity contribution in [1.29, 1.82) is 0 Å². The zero-order chi connectivity index (χ0) is 24.0. The van der Waals surface area contributed by atoms with Gasteiger partial charge >= 0.3 is 12.1 Å². The van der Waals surface area contributed by atoms with Gasteiger partial charge in [0.25, 0.3) is 0 Å². The highest BCUT2D eigenvalue weighted by molar-refractivity contribution is 5.89. The maximum absolute atomic E-state index is 12.7. The second-order valence-corrected chi connectivity index (χ2v) is 8.51. The minimum Gasteiger partial charge on any atom is -0.480 e. The van der Waals surface area contributed by atoms with Crippen LogP contribution < -0.4 is 10.6 Å². The molecule has 176 valence electrons. The number of methoxy groups -OCH3 is 1. The van der Waals surface area contributed by atoms with Crippen molar-refractivity contribution >= 4 is 18.0 Å². The maximum Gasteiger partial charge on any atom is 0.407 e. The van der Waals surface area contributed by atoms with Crippen LogP contribution in [0, 0.1) is 5.92 Å². The number of benzene rings is 2. The number of ether oxygens (including phenoxy) is 2. The standard InChI is InChI=1S/C25H30N2O6/c1-15(2)12-21(23(28)26-22(14-32-3)24(29)30)27-25(31)33-13-20-18-10-6-4-8-16(18)17-9-5-7-11-19(17)20/h4-11,15,20-22H,12-14H2,1-3H3,(H,26,28)(H,27,31)(H,29,30). The molecule has 33 heavy (non-hydrogen) atoms. The maximum atomic E-state index is 12.7. The fourth-order valence-electron chi connectivity index (χ4n) is 4.10. The van der Waals surface area contributed by atoms with Crippen molar-refractivity contribution in [2.24, 2.45) is 5.92 Å². The molecule has 2 amide bonds. The van der Waals surface area contributed by atoms with Crippen molar-refractivity contribution in [3.63, 3.8) is 0 Å². The first kappa shape index (κ1) is 24.3. The fourth-order valence-corrected chi connectivity index (χ4v) is 4.10. The van der Waals surface area contributed by atoms with Crippen LogP contribution in [0.15, 0.2) is 48.5 Å². The van der Waals surface area contributed by atoms with Crippen LogP contribution in [0.2, 0.25) is 0 Å². The number of hydrogen-bond acceptors (Lipinski definition) is 5. The molecule has 0 saturated carbocycles. The Morgan fingerprint density at radius 3 is 2.03 bits per heavy atom. The molecule has 8 nitrogen and oxygen atoms in total. The zero-order valence-corrected chi connectivity index (χ0v) is 19.0. The Morgan fingerprint density at radius 1 is 0.939 bits per heavy atom. The highest BCUT2D eigenvalue weighted by atomic mass is 16.5. The van der Waals surface area contributed by atoms with E-state index in [4.69, 9.17) is 9.47 Å². The van der Waals surface area contributed by atoms with Crippen molar-refractivity contribution in [3.05, 3.63) is 59.7 Å². The van der Waals surface area contributed by atoms with E-state index in [1.165, 1.54) is 7.11 Å². The van der Waals surface area contributed by atoms with E-state index in [2.05, 4.69) is 22.8 Å². The third kappa shape index (κ3) is 5.90. The summed E-state index contributed by atoms with van der Waals surface area (Å²) in [6, 6.07) is 13.9. The molecule has 2 atom stereocenters. The van der Waals surface area contributed by atoms with Gasteiger partial charge in [-0.25, -0.2) is 9.59 Å². The van der Waals surface area contributed by atoms with Crippen LogP contribution in [0.3, 0.4) is 0 Å². The number of carboxylic acid groups (broad SMARTS) is 1. The summed E-state index contributed by atoms with van der Waals surface area (Å²) in [5.74, 6) is -1.82. The van der Waals surface area contributed by atoms with Gasteiger partial charge in [0.2, 0.25) is 5.91 Å². The minimum atomic E-state index is -1.21. The van der Waals surface area contributed by atoms with Crippen LogP contribution in [-0.4, -0.2) is 55.5 Å². The SMILES string of the molecule is COCC(NC(=O)C(CC(C)C)NC(=O)OCC1c2ccccc2-c2ccccc21)C(=O)O. The lowest BCUT2D eigenvalue weighted by Crippen LogP contribution is -2.53. The molecular formula is C25H30N2O6. The molecular weight excluding hydrogens is 424 g/mol. The van der Waals surface area contributed by atoms with Crippen LogP contribution in [-0.2, 0) is 19.1 Å². The summed E-state index contributed by atoms with van der Waals surface area (Å²) < 4.78 is 10.4. The lowest BCUT2D eigenvalue weighted by Gasteiger charge is -2.23. The molecule has 0 radical (unpaired) electrons. The molecule has 1 aliphatic rings. The van der Waals surface area contributed by atoms with E-state index in [0.29, 0.717) is 6.42 Å². The van der Waals surface area contributed by atoms with E-state index in [-0.39, 0.29) is 25.0 Å². The minimum absolute atomic E-state index is 0.0836. The van der Waals surface area contributed by atoms with Crippen molar-refractivity contribution in [1.82, 2.24) is 10.6 Å². The Kier molecular flexibility index (Phi) is 8.06. The average molecular weight is 455 g/mol. The number of aliphatic carboxylic acids is 1. The van der Waals surface area contributed by atoms with Gasteiger partial charge in [-0.3, -0.25) is 4.79 Å². The van der Waals surface area contributed by atoms with Crippen LogP contribution in [0.4, 0.5) is 4.79 Å². The van der Waals surface area contributed by atoms with Gasteiger partial charge in [-0.05, 0) is 34.6 Å². The average Bonchev–Trinajstić information content (AvgIpc) is 3.10. The van der Waals surface area contributed by atoms with Crippen LogP contribution in [0.5, 0.6) is 0 Å². The summed E-state index contributed by atoms with van der Waals surface area (Å²) in [6.45, 7) is 3.75. The topological polar surface area (TPSA) is 114 Å². The number of alkyl carbamates (subject to hydrolysis) is 1. The van der Waals surface area contributed by atoms with E-state index in [0.717, 1.165) is 22.3 Å². The lowest BCUT2D eigenvalue weighted by atomic mass is 9.98. The fraction of sp³-hybridized carbons (Fsp3) is 0.400. The summed E-state index contributed by atoms with van der Waals surface area (Å²) >= 11 is 0. The monoisotopic (exact) mass is 454 g/mol. The van der Waals surface area contributed by atoms with E-state index < -0.39 is 30.1 Å². The third-order valence-electron chi connectivity index (χ3n) is 5.61. The lowest BCUT2D eigenvalue weighted by molar-refractivity contribution is -0.143. The highest BCUT2D eigenvalue weighted by Crippen LogP contribution is 2.44. The second-order valence-electron chi connectivity index (χ2n) is 8.51. The summed E-state index contributed by atoms with van der Waals surface area (Å²) in [7, 11) is 1.35. The first-order valence-corrected chi connectivity index (χ1v) is 11.0. The summed E-state index contributed by atoms with van der Waals surface area (Å²) in [5, 5.41) is 14.3. The van der Waals surface area contributed by atoms with Crippen LogP contribution >= 0.6 is 0 Å². The number of carbonyl (C=O) groups is 3. The molecule has 0 heterocycles. The van der Waals surface area contributed by atoms with Gasteiger partial charge in [0.1, 0.15) is 12.6 Å². The van der Waals surface area contributed by atoms with Crippen molar-refractivity contribution in [2.75, 3.05) is 20.3 Å². The molecule has 3 rings (SSSR count). The molecule has 0 fully saturated rings. The predicted molar refractivity (Wildman–Crippen MR) is 123 cm³/mol. The molecule has 8 heteroatoms. The number of hydrogen-bond donors (Lipinski definition) is 3. The van der Waals surface area contributed by atoms with Crippen molar-refractivity contribution in [2.45, 2.75) is 38.3 Å². The van der Waals surface area contributed by atoms with Crippen molar-refractivity contribution in [3.8, 4) is 11.1 Å². The van der Waals surface area contributed by atoms with Gasteiger partial charge in [0, 0.05) is 13.0 Å². The molecule has 0 saturated heterocycles. The van der Waals surface area contributed by atoms with Crippen LogP contribution in [0.1, 0.15) is 37.3 Å².